The van der Waals surface area contributed by atoms with Gasteiger partial charge in [0.05, 0.1) is 0 Å². The van der Waals surface area contributed by atoms with Crippen molar-refractivity contribution in [3.05, 3.63) is 77.6 Å². The second-order valence-electron chi connectivity index (χ2n) is 6.12. The molecule has 0 aliphatic carbocycles. The molecule has 7 nitrogen and oxygen atoms in total. The van der Waals surface area contributed by atoms with Gasteiger partial charge in [0.2, 0.25) is 5.95 Å². The van der Waals surface area contributed by atoms with Crippen LogP contribution in [0, 0.1) is 0 Å². The number of benzene rings is 2. The van der Waals surface area contributed by atoms with E-state index in [1.165, 1.54) is 26.1 Å². The van der Waals surface area contributed by atoms with E-state index in [9.17, 15) is 14.4 Å². The fraction of sp³-hybridized carbons (Fsp3) is 0.0952. The van der Waals surface area contributed by atoms with Gasteiger partial charge >= 0.3 is 0 Å². The SMILES string of the molecule is CC(=O)c1cccc(NC(=O)c2ccnc(Nc3cccc(C(C)=O)c3)n2)c1. The lowest BCUT2D eigenvalue weighted by molar-refractivity contribution is 0.100. The van der Waals surface area contributed by atoms with Gasteiger partial charge in [0.25, 0.3) is 5.91 Å². The zero-order chi connectivity index (χ0) is 20.1. The molecule has 0 bridgehead atoms. The number of amides is 1. The average Bonchev–Trinajstić information content (AvgIpc) is 2.68. The van der Waals surface area contributed by atoms with E-state index in [1.807, 2.05) is 0 Å². The van der Waals surface area contributed by atoms with Crippen molar-refractivity contribution in [3.8, 4) is 0 Å². The molecule has 1 aromatic heterocycles. The predicted octanol–water partition coefficient (Wildman–Crippen LogP) is 3.88. The lowest BCUT2D eigenvalue weighted by atomic mass is 10.1. The first-order valence-electron chi connectivity index (χ1n) is 8.56. The molecule has 28 heavy (non-hydrogen) atoms. The van der Waals surface area contributed by atoms with E-state index in [1.54, 1.807) is 48.5 Å². The van der Waals surface area contributed by atoms with Gasteiger partial charge in [-0.1, -0.05) is 24.3 Å². The Hall–Kier alpha value is -3.87. The number of carbonyl (C=O) groups excluding carboxylic acids is 3. The minimum absolute atomic E-state index is 0.0505. The number of ketones is 2. The van der Waals surface area contributed by atoms with Crippen LogP contribution in [0.1, 0.15) is 45.1 Å². The molecule has 0 aliphatic rings. The smallest absolute Gasteiger partial charge is 0.274 e. The highest BCUT2D eigenvalue weighted by Crippen LogP contribution is 2.16. The first kappa shape index (κ1) is 18.9. The molecule has 0 saturated heterocycles. The number of nitrogens with zero attached hydrogens (tertiary/aromatic N) is 2. The first-order chi connectivity index (χ1) is 13.4. The summed E-state index contributed by atoms with van der Waals surface area (Å²) >= 11 is 0. The summed E-state index contributed by atoms with van der Waals surface area (Å²) < 4.78 is 0. The van der Waals surface area contributed by atoms with Crippen LogP contribution in [0.25, 0.3) is 0 Å². The predicted molar refractivity (Wildman–Crippen MR) is 106 cm³/mol. The molecule has 140 valence electrons. The largest absolute Gasteiger partial charge is 0.324 e. The summed E-state index contributed by atoms with van der Waals surface area (Å²) in [6, 6.07) is 15.1. The second kappa shape index (κ2) is 8.22. The maximum Gasteiger partial charge on any atom is 0.274 e. The van der Waals surface area contributed by atoms with E-state index < -0.39 is 5.91 Å². The van der Waals surface area contributed by atoms with Gasteiger partial charge in [0.1, 0.15) is 5.69 Å². The number of hydrogen-bond donors (Lipinski definition) is 2. The third-order valence-electron chi connectivity index (χ3n) is 3.94. The molecule has 7 heteroatoms. The van der Waals surface area contributed by atoms with Gasteiger partial charge < -0.3 is 10.6 Å². The fourth-order valence-electron chi connectivity index (χ4n) is 2.50. The Morgan fingerprint density at radius 1 is 0.821 bits per heavy atom. The molecule has 3 rings (SSSR count). The van der Waals surface area contributed by atoms with E-state index in [2.05, 4.69) is 20.6 Å². The minimum atomic E-state index is -0.427. The van der Waals surface area contributed by atoms with Gasteiger partial charge in [-0.25, -0.2) is 9.97 Å². The van der Waals surface area contributed by atoms with Crippen LogP contribution in [0.2, 0.25) is 0 Å². The molecule has 3 aromatic rings. The van der Waals surface area contributed by atoms with E-state index in [0.29, 0.717) is 22.5 Å². The third kappa shape index (κ3) is 4.64. The van der Waals surface area contributed by atoms with Crippen LogP contribution >= 0.6 is 0 Å². The van der Waals surface area contributed by atoms with Crippen LogP contribution in [0.4, 0.5) is 17.3 Å². The zero-order valence-electron chi connectivity index (χ0n) is 15.4. The van der Waals surface area contributed by atoms with Crippen LogP contribution < -0.4 is 10.6 Å². The number of anilines is 3. The summed E-state index contributed by atoms with van der Waals surface area (Å²) in [5.74, 6) is -0.336. The Morgan fingerprint density at radius 3 is 2.07 bits per heavy atom. The van der Waals surface area contributed by atoms with Gasteiger partial charge in [-0.05, 0) is 44.2 Å². The minimum Gasteiger partial charge on any atom is -0.324 e. The van der Waals surface area contributed by atoms with Gasteiger partial charge in [0.15, 0.2) is 11.6 Å². The third-order valence-corrected chi connectivity index (χ3v) is 3.94. The van der Waals surface area contributed by atoms with Gasteiger partial charge in [-0.3, -0.25) is 14.4 Å². The molecule has 0 fully saturated rings. The van der Waals surface area contributed by atoms with Crippen molar-refractivity contribution >= 4 is 34.8 Å². The topological polar surface area (TPSA) is 101 Å². The fourth-order valence-corrected chi connectivity index (χ4v) is 2.50. The number of hydrogen-bond acceptors (Lipinski definition) is 6. The van der Waals surface area contributed by atoms with Crippen LogP contribution in [-0.4, -0.2) is 27.4 Å². The maximum absolute atomic E-state index is 12.5. The number of carbonyl (C=O) groups is 3. The number of aromatic nitrogens is 2. The number of rotatable bonds is 6. The Morgan fingerprint density at radius 2 is 1.43 bits per heavy atom. The molecule has 1 amide bonds. The molecular weight excluding hydrogens is 356 g/mol. The highest BCUT2D eigenvalue weighted by molar-refractivity contribution is 6.04. The normalized spacial score (nSPS) is 10.2. The summed E-state index contributed by atoms with van der Waals surface area (Å²) in [4.78, 5) is 43.8. The summed E-state index contributed by atoms with van der Waals surface area (Å²) in [7, 11) is 0. The first-order valence-corrected chi connectivity index (χ1v) is 8.56. The standard InChI is InChI=1S/C21H18N4O3/c1-13(26)15-5-3-7-17(11-15)23-20(28)19-9-10-22-21(25-19)24-18-8-4-6-16(12-18)14(2)27/h3-12H,1-2H3,(H,23,28)(H,22,24,25). The lowest BCUT2D eigenvalue weighted by Gasteiger charge is -2.08. The molecule has 0 spiro atoms. The molecule has 0 atom stereocenters. The Bertz CT molecular complexity index is 1060. The van der Waals surface area contributed by atoms with Crippen molar-refractivity contribution in [2.24, 2.45) is 0 Å². The van der Waals surface area contributed by atoms with E-state index in [-0.39, 0.29) is 23.2 Å². The molecule has 0 aliphatic heterocycles. The molecular formula is C21H18N4O3. The highest BCUT2D eigenvalue weighted by Gasteiger charge is 2.11. The van der Waals surface area contributed by atoms with E-state index in [0.717, 1.165) is 0 Å². The highest BCUT2D eigenvalue weighted by atomic mass is 16.2. The molecule has 2 N–H and O–H groups in total. The average molecular weight is 374 g/mol. The quantitative estimate of drug-likeness (QED) is 0.635. The summed E-state index contributed by atoms with van der Waals surface area (Å²) in [6.45, 7) is 2.95. The molecule has 0 saturated carbocycles. The molecule has 0 unspecified atom stereocenters. The Labute approximate surface area is 161 Å². The summed E-state index contributed by atoms with van der Waals surface area (Å²) in [5, 5.41) is 5.70. The summed E-state index contributed by atoms with van der Waals surface area (Å²) in [6.07, 6.45) is 1.46. The van der Waals surface area contributed by atoms with Crippen LogP contribution in [0.15, 0.2) is 60.8 Å². The van der Waals surface area contributed by atoms with Crippen molar-refractivity contribution in [3.63, 3.8) is 0 Å². The van der Waals surface area contributed by atoms with E-state index >= 15 is 0 Å². The molecule has 2 aromatic carbocycles. The monoisotopic (exact) mass is 374 g/mol. The van der Waals surface area contributed by atoms with Crippen LogP contribution in [-0.2, 0) is 0 Å². The Kier molecular flexibility index (Phi) is 5.55. The Balaban J connectivity index is 1.76. The van der Waals surface area contributed by atoms with Gasteiger partial charge in [-0.15, -0.1) is 0 Å². The zero-order valence-corrected chi connectivity index (χ0v) is 15.4. The van der Waals surface area contributed by atoms with Crippen LogP contribution in [0.3, 0.4) is 0 Å². The maximum atomic E-state index is 12.5. The summed E-state index contributed by atoms with van der Waals surface area (Å²) in [5.41, 5.74) is 2.37. The van der Waals surface area contributed by atoms with Gasteiger partial charge in [0, 0.05) is 28.7 Å². The lowest BCUT2D eigenvalue weighted by Crippen LogP contribution is -2.15. The van der Waals surface area contributed by atoms with E-state index in [4.69, 9.17) is 0 Å². The number of Topliss-reactive ketones (excluding diaryl/α,β-unsaturated/α-hetero) is 2. The van der Waals surface area contributed by atoms with Crippen molar-refractivity contribution < 1.29 is 14.4 Å². The van der Waals surface area contributed by atoms with Crippen molar-refractivity contribution in [2.45, 2.75) is 13.8 Å². The van der Waals surface area contributed by atoms with Crippen molar-refractivity contribution in [1.29, 1.82) is 0 Å². The molecule has 0 radical (unpaired) electrons. The number of nitrogens with one attached hydrogen (secondary N) is 2. The van der Waals surface area contributed by atoms with Crippen molar-refractivity contribution in [2.75, 3.05) is 10.6 Å². The second-order valence-corrected chi connectivity index (χ2v) is 6.12. The van der Waals surface area contributed by atoms with Crippen molar-refractivity contribution in [1.82, 2.24) is 9.97 Å². The van der Waals surface area contributed by atoms with Gasteiger partial charge in [-0.2, -0.15) is 0 Å². The molecule has 1 heterocycles. The van der Waals surface area contributed by atoms with Crippen LogP contribution in [0.5, 0.6) is 0 Å².